The quantitative estimate of drug-likeness (QED) is 0.605. The molecule has 0 aromatic heterocycles. The van der Waals surface area contributed by atoms with Gasteiger partial charge in [0.2, 0.25) is 10.0 Å². The third-order valence-corrected chi connectivity index (χ3v) is 4.02. The van der Waals surface area contributed by atoms with E-state index in [0.717, 1.165) is 0 Å². The molecule has 0 amide bonds. The number of rotatable bonds is 8. The van der Waals surface area contributed by atoms with E-state index in [1.807, 2.05) is 0 Å². The summed E-state index contributed by atoms with van der Waals surface area (Å²) >= 11 is 0. The average molecular weight is 295 g/mol. The maximum Gasteiger partial charge on any atom is 0.321 e. The van der Waals surface area contributed by atoms with Crippen molar-refractivity contribution >= 4 is 22.0 Å². The molecule has 0 aliphatic carbocycles. The number of carboxylic acids is 2. The largest absolute Gasteiger partial charge is 0.481 e. The Labute approximate surface area is 113 Å². The van der Waals surface area contributed by atoms with Gasteiger partial charge in [-0.3, -0.25) is 9.59 Å². The maximum absolute atomic E-state index is 11.8. The highest BCUT2D eigenvalue weighted by atomic mass is 32.2. The number of carboxylic acid groups (broad SMARTS) is 2. The summed E-state index contributed by atoms with van der Waals surface area (Å²) in [5, 5.41) is 17.4. The second kappa shape index (κ2) is 6.85. The maximum atomic E-state index is 11.8. The van der Waals surface area contributed by atoms with Crippen LogP contribution < -0.4 is 4.72 Å². The molecule has 0 heterocycles. The standard InChI is InChI=1S/C11H21NO6S/c1-11(2,3)7-19(17,18)12-8(10(15)16)5-4-6-9(13)14/h8,12H,4-7H2,1-3H3,(H,13,14)(H,15,16)/t8-/m1/s1. The zero-order valence-electron chi connectivity index (χ0n) is 11.3. The van der Waals surface area contributed by atoms with Gasteiger partial charge in [-0.1, -0.05) is 20.8 Å². The molecule has 0 unspecified atom stereocenters. The molecular weight excluding hydrogens is 274 g/mol. The number of sulfonamides is 1. The topological polar surface area (TPSA) is 121 Å². The van der Waals surface area contributed by atoms with Gasteiger partial charge in [-0.25, -0.2) is 13.1 Å². The Morgan fingerprint density at radius 1 is 1.21 bits per heavy atom. The molecule has 7 nitrogen and oxygen atoms in total. The van der Waals surface area contributed by atoms with E-state index < -0.39 is 33.4 Å². The van der Waals surface area contributed by atoms with Gasteiger partial charge in [0.25, 0.3) is 0 Å². The van der Waals surface area contributed by atoms with Gasteiger partial charge in [0.05, 0.1) is 5.75 Å². The highest BCUT2D eigenvalue weighted by molar-refractivity contribution is 7.89. The minimum atomic E-state index is -3.71. The molecule has 8 heteroatoms. The van der Waals surface area contributed by atoms with Crippen molar-refractivity contribution in [2.75, 3.05) is 5.75 Å². The fourth-order valence-electron chi connectivity index (χ4n) is 1.52. The number of aliphatic carboxylic acids is 2. The number of carbonyl (C=O) groups is 2. The minimum Gasteiger partial charge on any atom is -0.481 e. The number of hydrogen-bond acceptors (Lipinski definition) is 4. The molecule has 112 valence electrons. The van der Waals surface area contributed by atoms with Crippen LogP contribution in [0.15, 0.2) is 0 Å². The zero-order chi connectivity index (χ0) is 15.3. The molecule has 0 spiro atoms. The SMILES string of the molecule is CC(C)(C)CS(=O)(=O)N[C@H](CCCC(=O)O)C(=O)O. The van der Waals surface area contributed by atoms with Gasteiger partial charge in [0.15, 0.2) is 0 Å². The van der Waals surface area contributed by atoms with E-state index in [2.05, 4.69) is 4.72 Å². The van der Waals surface area contributed by atoms with E-state index in [0.29, 0.717) is 0 Å². The van der Waals surface area contributed by atoms with Crippen LogP contribution in [0.4, 0.5) is 0 Å². The lowest BCUT2D eigenvalue weighted by molar-refractivity contribution is -0.140. The smallest absolute Gasteiger partial charge is 0.321 e. The third-order valence-electron chi connectivity index (χ3n) is 2.13. The summed E-state index contributed by atoms with van der Waals surface area (Å²) in [6.45, 7) is 5.19. The van der Waals surface area contributed by atoms with Crippen LogP contribution in [-0.2, 0) is 19.6 Å². The van der Waals surface area contributed by atoms with Gasteiger partial charge >= 0.3 is 11.9 Å². The summed E-state index contributed by atoms with van der Waals surface area (Å²) in [7, 11) is -3.71. The minimum absolute atomic E-state index is 0.0506. The molecule has 0 aromatic rings. The van der Waals surface area contributed by atoms with Crippen molar-refractivity contribution in [2.24, 2.45) is 5.41 Å². The van der Waals surface area contributed by atoms with Crippen molar-refractivity contribution in [3.63, 3.8) is 0 Å². The molecule has 0 saturated heterocycles. The van der Waals surface area contributed by atoms with Gasteiger partial charge in [0, 0.05) is 6.42 Å². The van der Waals surface area contributed by atoms with Crippen LogP contribution in [0.25, 0.3) is 0 Å². The Bertz CT molecular complexity index is 423. The fourth-order valence-corrected chi connectivity index (χ4v) is 3.39. The zero-order valence-corrected chi connectivity index (χ0v) is 12.2. The summed E-state index contributed by atoms with van der Waals surface area (Å²) in [4.78, 5) is 21.3. The second-order valence-electron chi connectivity index (χ2n) is 5.61. The molecule has 3 N–H and O–H groups in total. The van der Waals surface area contributed by atoms with Crippen LogP contribution in [0.5, 0.6) is 0 Å². The van der Waals surface area contributed by atoms with Gasteiger partial charge in [0.1, 0.15) is 6.04 Å². The van der Waals surface area contributed by atoms with Crippen LogP contribution in [0.3, 0.4) is 0 Å². The highest BCUT2D eigenvalue weighted by Crippen LogP contribution is 2.16. The van der Waals surface area contributed by atoms with E-state index in [4.69, 9.17) is 10.2 Å². The third kappa shape index (κ3) is 9.43. The molecule has 1 atom stereocenters. The molecule has 0 rings (SSSR count). The van der Waals surface area contributed by atoms with Crippen LogP contribution in [0.1, 0.15) is 40.0 Å². The number of nitrogens with one attached hydrogen (secondary N) is 1. The van der Waals surface area contributed by atoms with E-state index in [1.165, 1.54) is 0 Å². The Kier molecular flexibility index (Phi) is 6.44. The van der Waals surface area contributed by atoms with Crippen LogP contribution >= 0.6 is 0 Å². The summed E-state index contributed by atoms with van der Waals surface area (Å²) in [6, 6.07) is -1.29. The lowest BCUT2D eigenvalue weighted by Gasteiger charge is -2.20. The van der Waals surface area contributed by atoms with Crippen molar-refractivity contribution in [2.45, 2.75) is 46.1 Å². The van der Waals surface area contributed by atoms with Gasteiger partial charge in [-0.15, -0.1) is 0 Å². The molecule has 0 radical (unpaired) electrons. The summed E-state index contributed by atoms with van der Waals surface area (Å²) < 4.78 is 25.6. The first-order valence-corrected chi connectivity index (χ1v) is 7.53. The molecule has 0 fully saturated rings. The van der Waals surface area contributed by atoms with Crippen molar-refractivity contribution in [1.29, 1.82) is 0 Å². The molecule has 0 saturated carbocycles. The van der Waals surface area contributed by atoms with E-state index in [9.17, 15) is 18.0 Å². The molecule has 0 bridgehead atoms. The van der Waals surface area contributed by atoms with Crippen LogP contribution in [-0.4, -0.2) is 42.4 Å². The summed E-state index contributed by atoms with van der Waals surface area (Å²) in [6.07, 6.45) is -0.139. The average Bonchev–Trinajstić information content (AvgIpc) is 2.10. The van der Waals surface area contributed by atoms with Gasteiger partial charge in [-0.05, 0) is 18.3 Å². The Hall–Kier alpha value is -1.15. The Morgan fingerprint density at radius 2 is 1.74 bits per heavy atom. The monoisotopic (exact) mass is 295 g/mol. The normalized spacial score (nSPS) is 14.1. The van der Waals surface area contributed by atoms with E-state index in [-0.39, 0.29) is 25.0 Å². The molecule has 0 aliphatic heterocycles. The first-order chi connectivity index (χ1) is 8.43. The first-order valence-electron chi connectivity index (χ1n) is 5.87. The lowest BCUT2D eigenvalue weighted by atomic mass is 10.0. The van der Waals surface area contributed by atoms with Crippen molar-refractivity contribution < 1.29 is 28.2 Å². The van der Waals surface area contributed by atoms with Crippen molar-refractivity contribution in [3.05, 3.63) is 0 Å². The highest BCUT2D eigenvalue weighted by Gasteiger charge is 2.27. The summed E-state index contributed by atoms with van der Waals surface area (Å²) in [5.41, 5.74) is -0.490. The fraction of sp³-hybridized carbons (Fsp3) is 0.818. The van der Waals surface area contributed by atoms with Gasteiger partial charge < -0.3 is 10.2 Å². The van der Waals surface area contributed by atoms with E-state index in [1.54, 1.807) is 20.8 Å². The van der Waals surface area contributed by atoms with Gasteiger partial charge in [-0.2, -0.15) is 0 Å². The van der Waals surface area contributed by atoms with Crippen molar-refractivity contribution in [3.8, 4) is 0 Å². The molecule has 0 aliphatic rings. The number of hydrogen-bond donors (Lipinski definition) is 3. The lowest BCUT2D eigenvalue weighted by Crippen LogP contribution is -2.43. The molecule has 19 heavy (non-hydrogen) atoms. The molecular formula is C11H21NO6S. The van der Waals surface area contributed by atoms with Crippen LogP contribution in [0, 0.1) is 5.41 Å². The second-order valence-corrected chi connectivity index (χ2v) is 7.37. The summed E-state index contributed by atoms with van der Waals surface area (Å²) in [5.74, 6) is -2.53. The predicted octanol–water partition coefficient (Wildman–Crippen LogP) is 0.660. The Morgan fingerprint density at radius 3 is 2.11 bits per heavy atom. The Balaban J connectivity index is 4.58. The van der Waals surface area contributed by atoms with E-state index >= 15 is 0 Å². The van der Waals surface area contributed by atoms with Crippen molar-refractivity contribution in [1.82, 2.24) is 4.72 Å². The molecule has 0 aromatic carbocycles. The predicted molar refractivity (Wildman–Crippen MR) is 69.3 cm³/mol. The first kappa shape index (κ1) is 17.8. The van der Waals surface area contributed by atoms with Crippen LogP contribution in [0.2, 0.25) is 0 Å².